The molecule has 4 aliphatic carbocycles. The number of esters is 1. The van der Waals surface area contributed by atoms with E-state index in [2.05, 4.69) is 32.1 Å². The summed E-state index contributed by atoms with van der Waals surface area (Å²) in [6.07, 6.45) is 15.1. The van der Waals surface area contributed by atoms with E-state index in [0.717, 1.165) is 44.1 Å². The minimum absolute atomic E-state index is 0.0529. The number of allylic oxidation sites excluding steroid dienone is 2. The van der Waals surface area contributed by atoms with Crippen LogP contribution >= 0.6 is 0 Å². The number of rotatable bonds is 4. The zero-order valence-electron chi connectivity index (χ0n) is 20.4. The van der Waals surface area contributed by atoms with E-state index in [4.69, 9.17) is 4.74 Å². The molecule has 7 atom stereocenters. The van der Waals surface area contributed by atoms with Crippen molar-refractivity contribution in [1.29, 1.82) is 0 Å². The fraction of sp³-hybridized carbons (Fsp3) is 0.600. The standard InChI is InChI=1S/C30H38O3/c1-20(31)33-23-15-17-29(2)22(19-23)10-11-24-25-12-13-27(30(25,3)18-16-26(24)29)28(32)14-9-21-7-5-4-6-8-21/h4-10,14,23-27H,11-13,15-19H2,1-3H3/b14-9+. The van der Waals surface area contributed by atoms with Crippen LogP contribution in [0.3, 0.4) is 0 Å². The van der Waals surface area contributed by atoms with Crippen molar-refractivity contribution in [2.24, 2.45) is 34.5 Å². The van der Waals surface area contributed by atoms with Crippen LogP contribution in [0.2, 0.25) is 0 Å². The van der Waals surface area contributed by atoms with Crippen LogP contribution in [-0.2, 0) is 14.3 Å². The Balaban J connectivity index is 1.33. The molecule has 3 nitrogen and oxygen atoms in total. The highest BCUT2D eigenvalue weighted by Gasteiger charge is 2.59. The van der Waals surface area contributed by atoms with Gasteiger partial charge in [0, 0.05) is 19.3 Å². The summed E-state index contributed by atoms with van der Waals surface area (Å²) in [5.41, 5.74) is 2.98. The molecule has 1 aromatic carbocycles. The average molecular weight is 447 g/mol. The van der Waals surface area contributed by atoms with Gasteiger partial charge in [-0.2, -0.15) is 0 Å². The summed E-state index contributed by atoms with van der Waals surface area (Å²) >= 11 is 0. The number of hydrogen-bond acceptors (Lipinski definition) is 3. The highest BCUT2D eigenvalue weighted by atomic mass is 16.5. The Morgan fingerprint density at radius 1 is 1.00 bits per heavy atom. The monoisotopic (exact) mass is 446 g/mol. The van der Waals surface area contributed by atoms with Crippen LogP contribution in [-0.4, -0.2) is 17.9 Å². The van der Waals surface area contributed by atoms with Gasteiger partial charge in [-0.05, 0) is 85.2 Å². The maximum absolute atomic E-state index is 13.3. The van der Waals surface area contributed by atoms with E-state index >= 15 is 0 Å². The zero-order valence-corrected chi connectivity index (χ0v) is 20.4. The van der Waals surface area contributed by atoms with Crippen LogP contribution in [0, 0.1) is 34.5 Å². The second-order valence-corrected chi connectivity index (χ2v) is 11.6. The molecule has 33 heavy (non-hydrogen) atoms. The number of hydrogen-bond donors (Lipinski definition) is 0. The molecular formula is C30H38O3. The molecular weight excluding hydrogens is 408 g/mol. The third-order valence-electron chi connectivity index (χ3n) is 9.97. The molecule has 5 rings (SSSR count). The van der Waals surface area contributed by atoms with Crippen molar-refractivity contribution in [2.75, 3.05) is 0 Å². The Kier molecular flexibility index (Phi) is 5.87. The summed E-state index contributed by atoms with van der Waals surface area (Å²) in [6, 6.07) is 10.1. The van der Waals surface area contributed by atoms with Crippen LogP contribution in [0.4, 0.5) is 0 Å². The molecule has 0 N–H and O–H groups in total. The minimum Gasteiger partial charge on any atom is -0.462 e. The normalized spacial score (nSPS) is 39.8. The molecule has 0 aliphatic heterocycles. The molecule has 1 aromatic rings. The molecule has 7 unspecified atom stereocenters. The first-order chi connectivity index (χ1) is 15.8. The van der Waals surface area contributed by atoms with E-state index in [-0.39, 0.29) is 28.8 Å². The fourth-order valence-electron chi connectivity index (χ4n) is 8.29. The number of fused-ring (bicyclic) bond motifs is 5. The van der Waals surface area contributed by atoms with Crippen LogP contribution in [0.25, 0.3) is 6.08 Å². The first kappa shape index (κ1) is 22.6. The van der Waals surface area contributed by atoms with Crippen molar-refractivity contribution in [1.82, 2.24) is 0 Å². The first-order valence-electron chi connectivity index (χ1n) is 12.9. The number of carbonyl (C=O) groups is 2. The van der Waals surface area contributed by atoms with E-state index in [9.17, 15) is 9.59 Å². The summed E-state index contributed by atoms with van der Waals surface area (Å²) < 4.78 is 5.58. The molecule has 3 fully saturated rings. The van der Waals surface area contributed by atoms with E-state index in [1.807, 2.05) is 30.4 Å². The maximum atomic E-state index is 13.3. The molecule has 0 bridgehead atoms. The zero-order chi connectivity index (χ0) is 23.2. The van der Waals surface area contributed by atoms with Crippen LogP contribution in [0.1, 0.15) is 77.7 Å². The average Bonchev–Trinajstić information content (AvgIpc) is 3.15. The van der Waals surface area contributed by atoms with Crippen LogP contribution in [0.5, 0.6) is 0 Å². The van der Waals surface area contributed by atoms with Gasteiger partial charge in [-0.15, -0.1) is 0 Å². The topological polar surface area (TPSA) is 43.4 Å². The lowest BCUT2D eigenvalue weighted by atomic mass is 9.47. The van der Waals surface area contributed by atoms with Crippen molar-refractivity contribution >= 4 is 17.8 Å². The summed E-state index contributed by atoms with van der Waals surface area (Å²) in [5.74, 6) is 2.33. The summed E-state index contributed by atoms with van der Waals surface area (Å²) in [5, 5.41) is 0. The van der Waals surface area contributed by atoms with Gasteiger partial charge in [0.05, 0.1) is 0 Å². The summed E-state index contributed by atoms with van der Waals surface area (Å²) in [6.45, 7) is 6.41. The van der Waals surface area contributed by atoms with Crippen molar-refractivity contribution in [3.05, 3.63) is 53.6 Å². The third kappa shape index (κ3) is 3.92. The Morgan fingerprint density at radius 2 is 1.79 bits per heavy atom. The van der Waals surface area contributed by atoms with E-state index in [0.29, 0.717) is 23.5 Å². The van der Waals surface area contributed by atoms with Gasteiger partial charge in [0.25, 0.3) is 0 Å². The Morgan fingerprint density at radius 3 is 2.55 bits per heavy atom. The quantitative estimate of drug-likeness (QED) is 0.291. The minimum atomic E-state index is -0.158. The van der Waals surface area contributed by atoms with Gasteiger partial charge < -0.3 is 4.74 Å². The van der Waals surface area contributed by atoms with Gasteiger partial charge in [0.2, 0.25) is 0 Å². The van der Waals surface area contributed by atoms with Crippen molar-refractivity contribution < 1.29 is 14.3 Å². The molecule has 3 saturated carbocycles. The van der Waals surface area contributed by atoms with Gasteiger partial charge in [-0.25, -0.2) is 0 Å². The van der Waals surface area contributed by atoms with Crippen molar-refractivity contribution in [2.45, 2.75) is 78.2 Å². The summed E-state index contributed by atoms with van der Waals surface area (Å²) in [4.78, 5) is 24.8. The van der Waals surface area contributed by atoms with Crippen molar-refractivity contribution in [3.8, 4) is 0 Å². The molecule has 0 radical (unpaired) electrons. The largest absolute Gasteiger partial charge is 0.462 e. The van der Waals surface area contributed by atoms with Crippen molar-refractivity contribution in [3.63, 3.8) is 0 Å². The van der Waals surface area contributed by atoms with Crippen LogP contribution < -0.4 is 0 Å². The second-order valence-electron chi connectivity index (χ2n) is 11.6. The molecule has 4 aliphatic rings. The van der Waals surface area contributed by atoms with Gasteiger partial charge >= 0.3 is 5.97 Å². The molecule has 0 saturated heterocycles. The number of benzene rings is 1. The van der Waals surface area contributed by atoms with Crippen LogP contribution in [0.15, 0.2) is 48.1 Å². The van der Waals surface area contributed by atoms with Gasteiger partial charge in [-0.1, -0.05) is 61.9 Å². The Hall–Kier alpha value is -2.16. The van der Waals surface area contributed by atoms with Gasteiger partial charge in [0.1, 0.15) is 6.10 Å². The van der Waals surface area contributed by atoms with E-state index < -0.39 is 0 Å². The second kappa shape index (κ2) is 8.56. The predicted octanol–water partition coefficient (Wildman–Crippen LogP) is 6.78. The lowest BCUT2D eigenvalue weighted by molar-refractivity contribution is -0.149. The highest BCUT2D eigenvalue weighted by Crippen LogP contribution is 2.66. The number of carbonyl (C=O) groups excluding carboxylic acids is 2. The fourth-order valence-corrected chi connectivity index (χ4v) is 8.29. The maximum Gasteiger partial charge on any atom is 0.302 e. The van der Waals surface area contributed by atoms with E-state index in [1.54, 1.807) is 0 Å². The first-order valence-corrected chi connectivity index (χ1v) is 12.9. The molecule has 0 heterocycles. The van der Waals surface area contributed by atoms with Gasteiger partial charge in [0.15, 0.2) is 5.78 Å². The smallest absolute Gasteiger partial charge is 0.302 e. The molecule has 176 valence electrons. The lowest BCUT2D eigenvalue weighted by Gasteiger charge is -2.58. The molecule has 0 spiro atoms. The van der Waals surface area contributed by atoms with Gasteiger partial charge in [-0.3, -0.25) is 9.59 Å². The molecule has 0 amide bonds. The number of ketones is 1. The number of ether oxygens (including phenoxy) is 1. The van der Waals surface area contributed by atoms with E-state index in [1.165, 1.54) is 25.3 Å². The Labute approximate surface area is 198 Å². The third-order valence-corrected chi connectivity index (χ3v) is 9.97. The predicted molar refractivity (Wildman–Crippen MR) is 131 cm³/mol. The Bertz CT molecular complexity index is 976. The lowest BCUT2D eigenvalue weighted by Crippen LogP contribution is -2.51. The molecule has 0 aromatic heterocycles. The highest BCUT2D eigenvalue weighted by molar-refractivity contribution is 5.96. The SMILES string of the molecule is CC(=O)OC1CCC2(C)C(=CCC3C2CCC2(C)C(C(=O)/C=C/c4ccccc4)CCC32)C1. The summed E-state index contributed by atoms with van der Waals surface area (Å²) in [7, 11) is 0. The molecule has 3 heteroatoms.